The number of benzene rings is 2. The number of carbonyl (C=O) groups excluding carboxylic acids is 2. The standard InChI is InChI=1S/C20H23N3O4/c1-26-17-9-8-16(12-18(17)27-2)14-22-23-20(25)13-19(24)21-11-10-15-6-4-3-5-7-15/h3-9,12,14H,10-11,13H2,1-2H3,(H,21,24)(H,23,25)/b22-14-. The molecule has 0 aliphatic rings. The lowest BCUT2D eigenvalue weighted by Gasteiger charge is -2.07. The molecule has 0 aliphatic carbocycles. The van der Waals surface area contributed by atoms with Crippen molar-refractivity contribution >= 4 is 18.0 Å². The molecular weight excluding hydrogens is 346 g/mol. The Morgan fingerprint density at radius 2 is 1.74 bits per heavy atom. The first-order chi connectivity index (χ1) is 13.1. The molecule has 0 spiro atoms. The Hall–Kier alpha value is -3.35. The summed E-state index contributed by atoms with van der Waals surface area (Å²) in [6, 6.07) is 15.0. The first kappa shape index (κ1) is 20.0. The van der Waals surface area contributed by atoms with Gasteiger partial charge in [-0.15, -0.1) is 0 Å². The van der Waals surface area contributed by atoms with Crippen LogP contribution in [-0.2, 0) is 16.0 Å². The third-order valence-electron chi connectivity index (χ3n) is 3.71. The highest BCUT2D eigenvalue weighted by Crippen LogP contribution is 2.26. The van der Waals surface area contributed by atoms with Gasteiger partial charge in [0.1, 0.15) is 6.42 Å². The van der Waals surface area contributed by atoms with Gasteiger partial charge >= 0.3 is 0 Å². The highest BCUT2D eigenvalue weighted by atomic mass is 16.5. The van der Waals surface area contributed by atoms with Crippen LogP contribution in [0.3, 0.4) is 0 Å². The Labute approximate surface area is 158 Å². The molecule has 0 fully saturated rings. The monoisotopic (exact) mass is 369 g/mol. The molecule has 7 heteroatoms. The van der Waals surface area contributed by atoms with Crippen LogP contribution in [0.15, 0.2) is 53.6 Å². The van der Waals surface area contributed by atoms with Crippen LogP contribution < -0.4 is 20.2 Å². The Kier molecular flexibility index (Phi) is 7.84. The average Bonchev–Trinajstić information content (AvgIpc) is 2.68. The number of nitrogens with one attached hydrogen (secondary N) is 2. The van der Waals surface area contributed by atoms with Crippen LogP contribution in [-0.4, -0.2) is 38.8 Å². The van der Waals surface area contributed by atoms with Gasteiger partial charge < -0.3 is 14.8 Å². The van der Waals surface area contributed by atoms with E-state index in [4.69, 9.17) is 9.47 Å². The first-order valence-corrected chi connectivity index (χ1v) is 8.47. The molecule has 0 aliphatic heterocycles. The van der Waals surface area contributed by atoms with Gasteiger partial charge in [-0.25, -0.2) is 5.43 Å². The van der Waals surface area contributed by atoms with E-state index in [1.807, 2.05) is 30.3 Å². The second kappa shape index (κ2) is 10.6. The molecule has 0 atom stereocenters. The third kappa shape index (κ3) is 6.81. The lowest BCUT2D eigenvalue weighted by atomic mass is 10.1. The zero-order valence-corrected chi connectivity index (χ0v) is 15.4. The van der Waals surface area contributed by atoms with Crippen LogP contribution in [0.1, 0.15) is 17.5 Å². The number of ether oxygens (including phenoxy) is 2. The minimum Gasteiger partial charge on any atom is -0.493 e. The Morgan fingerprint density at radius 3 is 2.44 bits per heavy atom. The van der Waals surface area contributed by atoms with E-state index < -0.39 is 5.91 Å². The quantitative estimate of drug-likeness (QED) is 0.401. The van der Waals surface area contributed by atoms with Crippen molar-refractivity contribution in [1.82, 2.24) is 10.7 Å². The summed E-state index contributed by atoms with van der Waals surface area (Å²) in [6.45, 7) is 0.477. The SMILES string of the molecule is COc1ccc(/C=N\NC(=O)CC(=O)NCCc2ccccc2)cc1OC. The minimum absolute atomic E-state index is 0.280. The summed E-state index contributed by atoms with van der Waals surface area (Å²) >= 11 is 0. The molecular formula is C20H23N3O4. The summed E-state index contributed by atoms with van der Waals surface area (Å²) in [5.74, 6) is 0.338. The predicted octanol–water partition coefficient (Wildman–Crippen LogP) is 1.90. The highest BCUT2D eigenvalue weighted by molar-refractivity contribution is 5.97. The fourth-order valence-corrected chi connectivity index (χ4v) is 2.35. The van der Waals surface area contributed by atoms with Crippen molar-refractivity contribution in [2.45, 2.75) is 12.8 Å². The van der Waals surface area contributed by atoms with Crippen molar-refractivity contribution < 1.29 is 19.1 Å². The van der Waals surface area contributed by atoms with E-state index >= 15 is 0 Å². The second-order valence-electron chi connectivity index (χ2n) is 5.67. The second-order valence-corrected chi connectivity index (χ2v) is 5.67. The van der Waals surface area contributed by atoms with Crippen LogP contribution in [0, 0.1) is 0 Å². The van der Waals surface area contributed by atoms with Gasteiger partial charge in [0.2, 0.25) is 11.8 Å². The summed E-state index contributed by atoms with van der Waals surface area (Å²) in [6.07, 6.45) is 1.90. The maximum Gasteiger partial charge on any atom is 0.249 e. The van der Waals surface area contributed by atoms with Gasteiger partial charge in [0.15, 0.2) is 11.5 Å². The molecule has 0 unspecified atom stereocenters. The molecule has 2 N–H and O–H groups in total. The molecule has 142 valence electrons. The number of rotatable bonds is 9. The number of hydrogen-bond acceptors (Lipinski definition) is 5. The van der Waals surface area contributed by atoms with E-state index in [1.165, 1.54) is 13.3 Å². The first-order valence-electron chi connectivity index (χ1n) is 8.47. The van der Waals surface area contributed by atoms with Gasteiger partial charge in [0, 0.05) is 6.54 Å². The molecule has 2 amide bonds. The van der Waals surface area contributed by atoms with Crippen molar-refractivity contribution in [3.63, 3.8) is 0 Å². The number of carbonyl (C=O) groups is 2. The molecule has 0 saturated heterocycles. The maximum absolute atomic E-state index is 11.8. The number of hydrazone groups is 1. The zero-order chi connectivity index (χ0) is 19.5. The highest BCUT2D eigenvalue weighted by Gasteiger charge is 2.08. The minimum atomic E-state index is -0.482. The van der Waals surface area contributed by atoms with E-state index in [0.29, 0.717) is 24.5 Å². The fraction of sp³-hybridized carbons (Fsp3) is 0.250. The van der Waals surface area contributed by atoms with Gasteiger partial charge in [-0.3, -0.25) is 9.59 Å². The summed E-state index contributed by atoms with van der Waals surface area (Å²) in [7, 11) is 3.09. The lowest BCUT2D eigenvalue weighted by molar-refractivity contribution is -0.129. The molecule has 27 heavy (non-hydrogen) atoms. The van der Waals surface area contributed by atoms with Crippen LogP contribution in [0.5, 0.6) is 11.5 Å². The summed E-state index contributed by atoms with van der Waals surface area (Å²) in [5.41, 5.74) is 4.18. The Bertz CT molecular complexity index is 791. The lowest BCUT2D eigenvalue weighted by Crippen LogP contribution is -2.31. The maximum atomic E-state index is 11.8. The summed E-state index contributed by atoms with van der Waals surface area (Å²) in [4.78, 5) is 23.5. The van der Waals surface area contributed by atoms with Crippen molar-refractivity contribution in [2.24, 2.45) is 5.10 Å². The Morgan fingerprint density at radius 1 is 1.00 bits per heavy atom. The molecule has 2 aromatic carbocycles. The smallest absolute Gasteiger partial charge is 0.249 e. The van der Waals surface area contributed by atoms with E-state index in [9.17, 15) is 9.59 Å². The van der Waals surface area contributed by atoms with E-state index in [2.05, 4.69) is 15.8 Å². The molecule has 0 saturated carbocycles. The average molecular weight is 369 g/mol. The van der Waals surface area contributed by atoms with Crippen molar-refractivity contribution in [3.8, 4) is 11.5 Å². The molecule has 2 rings (SSSR count). The number of nitrogens with zero attached hydrogens (tertiary/aromatic N) is 1. The van der Waals surface area contributed by atoms with Crippen LogP contribution in [0.2, 0.25) is 0 Å². The summed E-state index contributed by atoms with van der Waals surface area (Å²) < 4.78 is 10.4. The van der Waals surface area contributed by atoms with Crippen LogP contribution >= 0.6 is 0 Å². The largest absolute Gasteiger partial charge is 0.493 e. The summed E-state index contributed by atoms with van der Waals surface area (Å²) in [5, 5.41) is 6.57. The van der Waals surface area contributed by atoms with Gasteiger partial charge in [-0.05, 0) is 35.7 Å². The van der Waals surface area contributed by atoms with Crippen molar-refractivity contribution in [3.05, 3.63) is 59.7 Å². The van der Waals surface area contributed by atoms with Crippen LogP contribution in [0.25, 0.3) is 0 Å². The molecule has 0 aromatic heterocycles. The predicted molar refractivity (Wildman–Crippen MR) is 103 cm³/mol. The van der Waals surface area contributed by atoms with Gasteiger partial charge in [0.05, 0.1) is 20.4 Å². The molecule has 2 aromatic rings. The normalized spacial score (nSPS) is 10.4. The fourth-order valence-electron chi connectivity index (χ4n) is 2.35. The van der Waals surface area contributed by atoms with E-state index in [-0.39, 0.29) is 12.3 Å². The topological polar surface area (TPSA) is 89.0 Å². The molecule has 0 heterocycles. The van der Waals surface area contributed by atoms with Gasteiger partial charge in [-0.1, -0.05) is 30.3 Å². The van der Waals surface area contributed by atoms with Crippen molar-refractivity contribution in [1.29, 1.82) is 0 Å². The van der Waals surface area contributed by atoms with Crippen LogP contribution in [0.4, 0.5) is 0 Å². The molecule has 7 nitrogen and oxygen atoms in total. The van der Waals surface area contributed by atoms with Crippen molar-refractivity contribution in [2.75, 3.05) is 20.8 Å². The van der Waals surface area contributed by atoms with E-state index in [1.54, 1.807) is 25.3 Å². The molecule has 0 bridgehead atoms. The van der Waals surface area contributed by atoms with Gasteiger partial charge in [0.25, 0.3) is 0 Å². The third-order valence-corrected chi connectivity index (χ3v) is 3.71. The number of methoxy groups -OCH3 is 2. The van der Waals surface area contributed by atoms with Gasteiger partial charge in [-0.2, -0.15) is 5.10 Å². The zero-order valence-electron chi connectivity index (χ0n) is 15.4. The van der Waals surface area contributed by atoms with E-state index in [0.717, 1.165) is 11.1 Å². The number of amides is 2. The molecule has 0 radical (unpaired) electrons. The number of hydrogen-bond donors (Lipinski definition) is 2. The Balaban J connectivity index is 1.73.